The fourth-order valence-electron chi connectivity index (χ4n) is 1.66. The summed E-state index contributed by atoms with van der Waals surface area (Å²) in [4.78, 5) is 25.1. The number of nitrogens with one attached hydrogen (secondary N) is 1. The van der Waals surface area contributed by atoms with Crippen LogP contribution >= 0.6 is 0 Å². The van der Waals surface area contributed by atoms with Gasteiger partial charge in [0.25, 0.3) is 0 Å². The van der Waals surface area contributed by atoms with Gasteiger partial charge in [-0.05, 0) is 37.6 Å². The van der Waals surface area contributed by atoms with Crippen LogP contribution in [0.1, 0.15) is 22.8 Å². The Bertz CT molecular complexity index is 596. The quantitative estimate of drug-likeness (QED) is 0.718. The zero-order valence-corrected chi connectivity index (χ0v) is 8.63. The highest BCUT2D eigenvalue weighted by Gasteiger charge is 2.04. The number of aryl methyl sites for hydroxylation is 1. The average Bonchev–Trinajstić information content (AvgIpc) is 2.16. The lowest BCUT2D eigenvalue weighted by atomic mass is 10.0. The molecule has 0 atom stereocenters. The smallest absolute Gasteiger partial charge is 0.248 e. The van der Waals surface area contributed by atoms with Gasteiger partial charge in [-0.25, -0.2) is 0 Å². The molecule has 0 saturated carbocycles. The second-order valence-corrected chi connectivity index (χ2v) is 3.63. The molecule has 0 spiro atoms. The van der Waals surface area contributed by atoms with E-state index in [4.69, 9.17) is 0 Å². The summed E-state index contributed by atoms with van der Waals surface area (Å²) >= 11 is 0. The Kier molecular flexibility index (Phi) is 2.15. The minimum atomic E-state index is -0.150. The van der Waals surface area contributed by atoms with E-state index < -0.39 is 0 Å². The van der Waals surface area contributed by atoms with Crippen LogP contribution in [0.15, 0.2) is 29.1 Å². The van der Waals surface area contributed by atoms with Gasteiger partial charge in [0.15, 0.2) is 5.78 Å². The lowest BCUT2D eigenvalue weighted by Crippen LogP contribution is -2.04. The summed E-state index contributed by atoms with van der Waals surface area (Å²) in [6, 6.07) is 6.81. The van der Waals surface area contributed by atoms with E-state index in [2.05, 4.69) is 4.98 Å². The van der Waals surface area contributed by atoms with Crippen molar-refractivity contribution in [1.82, 2.24) is 4.98 Å². The zero-order chi connectivity index (χ0) is 11.0. The summed E-state index contributed by atoms with van der Waals surface area (Å²) in [5, 5.41) is 0.972. The molecule has 3 nitrogen and oxygen atoms in total. The van der Waals surface area contributed by atoms with Crippen LogP contribution in [0.4, 0.5) is 0 Å². The van der Waals surface area contributed by atoms with Crippen LogP contribution in [-0.4, -0.2) is 10.8 Å². The first-order valence-electron chi connectivity index (χ1n) is 4.72. The number of rotatable bonds is 1. The molecule has 0 aliphatic rings. The van der Waals surface area contributed by atoms with Crippen molar-refractivity contribution in [1.29, 1.82) is 0 Å². The first-order chi connectivity index (χ1) is 7.08. The Labute approximate surface area is 86.8 Å². The van der Waals surface area contributed by atoms with E-state index in [0.717, 1.165) is 10.9 Å². The van der Waals surface area contributed by atoms with Gasteiger partial charge in [-0.2, -0.15) is 0 Å². The van der Waals surface area contributed by atoms with Gasteiger partial charge in [0.1, 0.15) is 0 Å². The van der Waals surface area contributed by atoms with E-state index in [1.807, 2.05) is 13.0 Å². The lowest BCUT2D eigenvalue weighted by molar-refractivity contribution is 0.101. The van der Waals surface area contributed by atoms with Crippen molar-refractivity contribution < 1.29 is 4.79 Å². The zero-order valence-electron chi connectivity index (χ0n) is 8.63. The van der Waals surface area contributed by atoms with Gasteiger partial charge in [0, 0.05) is 22.5 Å². The molecule has 0 aliphatic heterocycles. The number of benzene rings is 1. The SMILES string of the molecule is CC(=O)c1cc(C)c2ccc(=O)[nH]c2c1. The molecule has 1 N–H and O–H groups in total. The summed E-state index contributed by atoms with van der Waals surface area (Å²) in [6.07, 6.45) is 0. The minimum Gasteiger partial charge on any atom is -0.322 e. The van der Waals surface area contributed by atoms with Crippen molar-refractivity contribution in [3.63, 3.8) is 0 Å². The molecular weight excluding hydrogens is 190 g/mol. The Balaban J connectivity index is 2.85. The summed E-state index contributed by atoms with van der Waals surface area (Å²) in [5.74, 6) is 0.00435. The Morgan fingerprint density at radius 2 is 2.00 bits per heavy atom. The Morgan fingerprint density at radius 3 is 2.67 bits per heavy atom. The number of hydrogen-bond acceptors (Lipinski definition) is 2. The summed E-state index contributed by atoms with van der Waals surface area (Å²) in [6.45, 7) is 3.44. The maximum atomic E-state index is 11.2. The Hall–Kier alpha value is -1.90. The summed E-state index contributed by atoms with van der Waals surface area (Å²) < 4.78 is 0. The molecule has 3 heteroatoms. The normalized spacial score (nSPS) is 10.5. The second-order valence-electron chi connectivity index (χ2n) is 3.63. The monoisotopic (exact) mass is 201 g/mol. The molecule has 0 aliphatic carbocycles. The van der Waals surface area contributed by atoms with Crippen LogP contribution in [0.5, 0.6) is 0 Å². The number of Topliss-reactive ketones (excluding diaryl/α,β-unsaturated/α-hetero) is 1. The maximum Gasteiger partial charge on any atom is 0.248 e. The highest BCUT2D eigenvalue weighted by molar-refractivity contribution is 5.98. The van der Waals surface area contributed by atoms with Crippen LogP contribution in [0.2, 0.25) is 0 Å². The van der Waals surface area contributed by atoms with Gasteiger partial charge in [0.05, 0.1) is 0 Å². The minimum absolute atomic E-state index is 0.00435. The highest BCUT2D eigenvalue weighted by Crippen LogP contribution is 2.17. The molecule has 1 heterocycles. The van der Waals surface area contributed by atoms with E-state index in [-0.39, 0.29) is 11.3 Å². The van der Waals surface area contributed by atoms with E-state index in [1.54, 1.807) is 12.1 Å². The number of carbonyl (C=O) groups is 1. The van der Waals surface area contributed by atoms with Gasteiger partial charge in [-0.3, -0.25) is 9.59 Å². The third-order valence-corrected chi connectivity index (χ3v) is 2.45. The molecule has 0 radical (unpaired) electrons. The molecule has 1 aromatic heterocycles. The van der Waals surface area contributed by atoms with Gasteiger partial charge >= 0.3 is 0 Å². The highest BCUT2D eigenvalue weighted by atomic mass is 16.1. The third-order valence-electron chi connectivity index (χ3n) is 2.45. The number of carbonyl (C=O) groups excluding carboxylic acids is 1. The van der Waals surface area contributed by atoms with Gasteiger partial charge in [-0.15, -0.1) is 0 Å². The fraction of sp³-hybridized carbons (Fsp3) is 0.167. The first-order valence-corrected chi connectivity index (χ1v) is 4.72. The number of pyridine rings is 1. The molecule has 76 valence electrons. The number of aromatic nitrogens is 1. The summed E-state index contributed by atoms with van der Waals surface area (Å²) in [5.41, 5.74) is 2.19. The molecule has 0 amide bonds. The largest absolute Gasteiger partial charge is 0.322 e. The average molecular weight is 201 g/mol. The van der Waals surface area contributed by atoms with Crippen LogP contribution in [-0.2, 0) is 0 Å². The van der Waals surface area contributed by atoms with Crippen molar-refractivity contribution in [2.75, 3.05) is 0 Å². The van der Waals surface area contributed by atoms with E-state index in [1.165, 1.54) is 13.0 Å². The topological polar surface area (TPSA) is 49.9 Å². The van der Waals surface area contributed by atoms with Crippen molar-refractivity contribution in [2.24, 2.45) is 0 Å². The van der Waals surface area contributed by atoms with Crippen LogP contribution < -0.4 is 5.56 Å². The molecular formula is C12H11NO2. The molecule has 0 unspecified atom stereocenters. The number of aromatic amines is 1. The lowest BCUT2D eigenvalue weighted by Gasteiger charge is -2.04. The first kappa shape index (κ1) is 9.65. The maximum absolute atomic E-state index is 11.2. The van der Waals surface area contributed by atoms with Gasteiger partial charge in [0.2, 0.25) is 5.56 Å². The second kappa shape index (κ2) is 3.35. The molecule has 2 rings (SSSR count). The van der Waals surface area contributed by atoms with Crippen molar-refractivity contribution in [2.45, 2.75) is 13.8 Å². The predicted octanol–water partition coefficient (Wildman–Crippen LogP) is 2.04. The Morgan fingerprint density at radius 1 is 1.27 bits per heavy atom. The molecule has 1 aromatic carbocycles. The van der Waals surface area contributed by atoms with Crippen molar-refractivity contribution in [3.8, 4) is 0 Å². The molecule has 0 fully saturated rings. The predicted molar refractivity (Wildman–Crippen MR) is 59.3 cm³/mol. The molecule has 2 aromatic rings. The molecule has 0 saturated heterocycles. The molecule has 0 bridgehead atoms. The third kappa shape index (κ3) is 1.68. The number of fused-ring (bicyclic) bond motifs is 1. The number of ketones is 1. The fourth-order valence-corrected chi connectivity index (χ4v) is 1.66. The van der Waals surface area contributed by atoms with Crippen LogP contribution in [0, 0.1) is 6.92 Å². The summed E-state index contributed by atoms with van der Waals surface area (Å²) in [7, 11) is 0. The van der Waals surface area contributed by atoms with Crippen molar-refractivity contribution in [3.05, 3.63) is 45.7 Å². The van der Waals surface area contributed by atoms with E-state index in [9.17, 15) is 9.59 Å². The van der Waals surface area contributed by atoms with Gasteiger partial charge in [-0.1, -0.05) is 0 Å². The standard InChI is InChI=1S/C12H11NO2/c1-7-5-9(8(2)14)6-11-10(7)3-4-12(15)13-11/h3-6H,1-2H3,(H,13,15). The van der Waals surface area contributed by atoms with Gasteiger partial charge < -0.3 is 4.98 Å². The van der Waals surface area contributed by atoms with Crippen LogP contribution in [0.3, 0.4) is 0 Å². The van der Waals surface area contributed by atoms with E-state index in [0.29, 0.717) is 11.1 Å². The van der Waals surface area contributed by atoms with Crippen molar-refractivity contribution >= 4 is 16.7 Å². The van der Waals surface area contributed by atoms with E-state index >= 15 is 0 Å². The number of H-pyrrole nitrogens is 1. The molecule has 15 heavy (non-hydrogen) atoms. The number of hydrogen-bond donors (Lipinski definition) is 1. The van der Waals surface area contributed by atoms with Crippen LogP contribution in [0.25, 0.3) is 10.9 Å².